The molecule has 0 unspecified atom stereocenters. The molecule has 2 aromatic rings. The van der Waals surface area contributed by atoms with E-state index in [2.05, 4.69) is 45.7 Å². The van der Waals surface area contributed by atoms with Crippen LogP contribution in [0, 0.1) is 6.92 Å². The Labute approximate surface area is 193 Å². The van der Waals surface area contributed by atoms with Crippen molar-refractivity contribution in [2.45, 2.75) is 19.4 Å². The highest BCUT2D eigenvalue weighted by molar-refractivity contribution is 6.40. The molecule has 2 N–H and O–H groups in total. The third-order valence-electron chi connectivity index (χ3n) is 6.28. The number of ether oxygens (including phenoxy) is 1. The molecular weight excluding hydrogens is 428 g/mol. The van der Waals surface area contributed by atoms with Gasteiger partial charge in [-0.05, 0) is 48.2 Å². The molecule has 2 aliphatic rings. The summed E-state index contributed by atoms with van der Waals surface area (Å²) < 4.78 is 5.51. The van der Waals surface area contributed by atoms with E-state index < -0.39 is 11.8 Å². The molecule has 7 nitrogen and oxygen atoms in total. The molecule has 2 aliphatic heterocycles. The molecule has 0 radical (unpaired) electrons. The summed E-state index contributed by atoms with van der Waals surface area (Å²) in [5.41, 5.74) is 4.99. The summed E-state index contributed by atoms with van der Waals surface area (Å²) in [6.07, 6.45) is 1.02. The largest absolute Gasteiger partial charge is 0.379 e. The van der Waals surface area contributed by atoms with Gasteiger partial charge in [0.2, 0.25) is 0 Å². The molecule has 1 saturated heterocycles. The molecule has 2 amide bonds. The first kappa shape index (κ1) is 22.6. The van der Waals surface area contributed by atoms with Crippen LogP contribution in [0.3, 0.4) is 0 Å². The van der Waals surface area contributed by atoms with Gasteiger partial charge >= 0.3 is 11.8 Å². The van der Waals surface area contributed by atoms with Crippen molar-refractivity contribution in [3.05, 3.63) is 58.1 Å². The quantitative estimate of drug-likeness (QED) is 0.677. The standard InChI is InChI=1S/C24H29ClN4O3/c1-16-19(25)4-3-5-20(16)27-24(31)23(30)26-15-22(29-10-12-32-13-11-29)17-6-7-21-18(14-17)8-9-28(21)2/h3-7,14,22H,8-13,15H2,1-2H3,(H,26,30)(H,27,31)/t22-/m1/s1. The molecule has 32 heavy (non-hydrogen) atoms. The number of rotatable bonds is 5. The summed E-state index contributed by atoms with van der Waals surface area (Å²) >= 11 is 6.11. The number of morpholine rings is 1. The van der Waals surface area contributed by atoms with Crippen LogP contribution in [0.1, 0.15) is 22.7 Å². The highest BCUT2D eigenvalue weighted by Gasteiger charge is 2.26. The Morgan fingerprint density at radius 2 is 1.91 bits per heavy atom. The van der Waals surface area contributed by atoms with Crippen LogP contribution in [0.5, 0.6) is 0 Å². The fraction of sp³-hybridized carbons (Fsp3) is 0.417. The van der Waals surface area contributed by atoms with Crippen molar-refractivity contribution in [3.8, 4) is 0 Å². The predicted molar refractivity (Wildman–Crippen MR) is 126 cm³/mol. The molecular formula is C24H29ClN4O3. The molecule has 1 fully saturated rings. The Morgan fingerprint density at radius 3 is 2.69 bits per heavy atom. The van der Waals surface area contributed by atoms with Crippen molar-refractivity contribution < 1.29 is 14.3 Å². The number of carbonyl (C=O) groups is 2. The normalized spacial score (nSPS) is 17.0. The maximum Gasteiger partial charge on any atom is 0.313 e. The number of nitrogens with zero attached hydrogens (tertiary/aromatic N) is 2. The summed E-state index contributed by atoms with van der Waals surface area (Å²) in [7, 11) is 2.10. The molecule has 0 aromatic heterocycles. The second kappa shape index (κ2) is 9.90. The monoisotopic (exact) mass is 456 g/mol. The molecule has 0 aliphatic carbocycles. The zero-order valence-corrected chi connectivity index (χ0v) is 19.2. The van der Waals surface area contributed by atoms with Gasteiger partial charge in [0.1, 0.15) is 0 Å². The van der Waals surface area contributed by atoms with Crippen LogP contribution < -0.4 is 15.5 Å². The maximum absolute atomic E-state index is 12.6. The van der Waals surface area contributed by atoms with Crippen LogP contribution in [0.4, 0.5) is 11.4 Å². The molecule has 0 spiro atoms. The van der Waals surface area contributed by atoms with E-state index in [4.69, 9.17) is 16.3 Å². The van der Waals surface area contributed by atoms with E-state index in [-0.39, 0.29) is 6.04 Å². The van der Waals surface area contributed by atoms with E-state index in [9.17, 15) is 9.59 Å². The first-order valence-electron chi connectivity index (χ1n) is 10.9. The molecule has 2 heterocycles. The van der Waals surface area contributed by atoms with Gasteiger partial charge in [0, 0.05) is 49.6 Å². The molecule has 2 aromatic carbocycles. The van der Waals surface area contributed by atoms with Crippen molar-refractivity contribution in [2.75, 3.05) is 56.7 Å². The molecule has 0 saturated carbocycles. The lowest BCUT2D eigenvalue weighted by Crippen LogP contribution is -2.45. The van der Waals surface area contributed by atoms with Gasteiger partial charge in [-0.1, -0.05) is 29.8 Å². The zero-order chi connectivity index (χ0) is 22.7. The molecule has 170 valence electrons. The molecule has 1 atom stereocenters. The number of anilines is 2. The van der Waals surface area contributed by atoms with Crippen LogP contribution in [0.25, 0.3) is 0 Å². The van der Waals surface area contributed by atoms with Crippen molar-refractivity contribution in [2.24, 2.45) is 0 Å². The van der Waals surface area contributed by atoms with Gasteiger partial charge in [-0.15, -0.1) is 0 Å². The number of hydrogen-bond acceptors (Lipinski definition) is 5. The van der Waals surface area contributed by atoms with Crippen molar-refractivity contribution in [1.29, 1.82) is 0 Å². The lowest BCUT2D eigenvalue weighted by atomic mass is 10.0. The Bertz CT molecular complexity index is 1010. The maximum atomic E-state index is 12.6. The van der Waals surface area contributed by atoms with Gasteiger partial charge in [-0.3, -0.25) is 14.5 Å². The summed E-state index contributed by atoms with van der Waals surface area (Å²) in [6, 6.07) is 11.7. The summed E-state index contributed by atoms with van der Waals surface area (Å²) in [5, 5.41) is 6.03. The van der Waals surface area contributed by atoms with Crippen molar-refractivity contribution in [3.63, 3.8) is 0 Å². The smallest absolute Gasteiger partial charge is 0.313 e. The lowest BCUT2D eigenvalue weighted by molar-refractivity contribution is -0.136. The van der Waals surface area contributed by atoms with Crippen LogP contribution >= 0.6 is 11.6 Å². The number of amides is 2. The van der Waals surface area contributed by atoms with Crippen molar-refractivity contribution >= 4 is 34.8 Å². The Hall–Kier alpha value is -2.61. The average molecular weight is 457 g/mol. The molecule has 8 heteroatoms. The minimum absolute atomic E-state index is 0.0280. The van der Waals surface area contributed by atoms with Crippen molar-refractivity contribution in [1.82, 2.24) is 10.2 Å². The summed E-state index contributed by atoms with van der Waals surface area (Å²) in [4.78, 5) is 29.6. The zero-order valence-electron chi connectivity index (χ0n) is 18.5. The number of benzene rings is 2. The molecule has 4 rings (SSSR count). The average Bonchev–Trinajstić information content (AvgIpc) is 3.17. The Morgan fingerprint density at radius 1 is 1.12 bits per heavy atom. The number of fused-ring (bicyclic) bond motifs is 1. The SMILES string of the molecule is Cc1c(Cl)cccc1NC(=O)C(=O)NC[C@H](c1ccc2c(c1)CCN2C)N1CCOCC1. The lowest BCUT2D eigenvalue weighted by Gasteiger charge is -2.35. The predicted octanol–water partition coefficient (Wildman–Crippen LogP) is 2.77. The second-order valence-electron chi connectivity index (χ2n) is 8.30. The van der Waals surface area contributed by atoms with Crippen LogP contribution in [0.15, 0.2) is 36.4 Å². The fourth-order valence-corrected chi connectivity index (χ4v) is 4.51. The first-order chi connectivity index (χ1) is 15.4. The number of likely N-dealkylation sites (N-methyl/N-ethyl adjacent to an activating group) is 1. The third-order valence-corrected chi connectivity index (χ3v) is 6.69. The fourth-order valence-electron chi connectivity index (χ4n) is 4.33. The van der Waals surface area contributed by atoms with Crippen LogP contribution in [0.2, 0.25) is 5.02 Å². The van der Waals surface area contributed by atoms with E-state index >= 15 is 0 Å². The topological polar surface area (TPSA) is 73.9 Å². The second-order valence-corrected chi connectivity index (χ2v) is 8.71. The van der Waals surface area contributed by atoms with E-state index in [0.29, 0.717) is 30.5 Å². The van der Waals surface area contributed by atoms with Gasteiger partial charge in [0.15, 0.2) is 0 Å². The van der Waals surface area contributed by atoms with Gasteiger partial charge in [-0.2, -0.15) is 0 Å². The summed E-state index contributed by atoms with van der Waals surface area (Å²) in [6.45, 7) is 6.04. The minimum atomic E-state index is -0.702. The van der Waals surface area contributed by atoms with Crippen LogP contribution in [-0.4, -0.2) is 63.2 Å². The summed E-state index contributed by atoms with van der Waals surface area (Å²) in [5.74, 6) is -1.37. The van der Waals surface area contributed by atoms with Gasteiger partial charge in [0.25, 0.3) is 0 Å². The van der Waals surface area contributed by atoms with Gasteiger partial charge in [-0.25, -0.2) is 0 Å². The number of nitrogens with one attached hydrogen (secondary N) is 2. The number of halogens is 1. The van der Waals surface area contributed by atoms with Gasteiger partial charge in [0.05, 0.1) is 19.3 Å². The molecule has 0 bridgehead atoms. The Balaban J connectivity index is 1.46. The number of carbonyl (C=O) groups excluding carboxylic acids is 2. The first-order valence-corrected chi connectivity index (χ1v) is 11.3. The van der Waals surface area contributed by atoms with E-state index in [1.54, 1.807) is 25.1 Å². The van der Waals surface area contributed by atoms with Gasteiger partial charge < -0.3 is 20.3 Å². The third kappa shape index (κ3) is 4.90. The van der Waals surface area contributed by atoms with Crippen LogP contribution in [-0.2, 0) is 20.7 Å². The van der Waals surface area contributed by atoms with E-state index in [0.717, 1.165) is 37.2 Å². The Kier molecular flexibility index (Phi) is 6.98. The minimum Gasteiger partial charge on any atom is -0.379 e. The highest BCUT2D eigenvalue weighted by atomic mass is 35.5. The van der Waals surface area contributed by atoms with E-state index in [1.165, 1.54) is 11.3 Å². The van der Waals surface area contributed by atoms with E-state index in [1.807, 2.05) is 0 Å². The number of hydrogen-bond donors (Lipinski definition) is 2. The highest BCUT2D eigenvalue weighted by Crippen LogP contribution is 2.31.